The fourth-order valence-corrected chi connectivity index (χ4v) is 5.74. The van der Waals surface area contributed by atoms with Crippen LogP contribution in [0.5, 0.6) is 0 Å². The molecule has 0 saturated carbocycles. The number of fused-ring (bicyclic) bond motifs is 1. The second-order valence-corrected chi connectivity index (χ2v) is 11.7. The molecular weight excluding hydrogens is 426 g/mol. The fraction of sp³-hybridized carbons (Fsp3) is 0.350. The number of hydrogen-bond donors (Lipinski definition) is 1. The van der Waals surface area contributed by atoms with Gasteiger partial charge in [-0.1, -0.05) is 6.07 Å². The molecule has 0 radical (unpaired) electrons. The van der Waals surface area contributed by atoms with Crippen LogP contribution in [0, 0.1) is 6.92 Å². The molecule has 0 aromatic heterocycles. The van der Waals surface area contributed by atoms with Crippen LogP contribution in [0.15, 0.2) is 41.3 Å². The number of aryl methyl sites for hydroxylation is 1. The maximum absolute atomic E-state index is 12.8. The lowest BCUT2D eigenvalue weighted by Gasteiger charge is -2.22. The summed E-state index contributed by atoms with van der Waals surface area (Å²) in [7, 11) is -4.15. The second kappa shape index (κ2) is 7.68. The van der Waals surface area contributed by atoms with E-state index in [1.807, 2.05) is 6.92 Å². The number of nitrogens with one attached hydrogen (secondary N) is 1. The number of rotatable bonds is 5. The molecule has 2 aromatic rings. The first kappa shape index (κ1) is 22.3. The van der Waals surface area contributed by atoms with Crippen LogP contribution in [0.2, 0.25) is 0 Å². The summed E-state index contributed by atoms with van der Waals surface area (Å²) in [4.78, 5) is 12.9. The molecule has 1 atom stereocenters. The van der Waals surface area contributed by atoms with Gasteiger partial charge in [-0.15, -0.1) is 0 Å². The molecule has 30 heavy (non-hydrogen) atoms. The first-order valence-corrected chi connectivity index (χ1v) is 12.6. The summed E-state index contributed by atoms with van der Waals surface area (Å²) in [5, 5.41) is 2.77. The predicted molar refractivity (Wildman–Crippen MR) is 117 cm³/mol. The summed E-state index contributed by atoms with van der Waals surface area (Å²) in [6.07, 6.45) is 1.68. The summed E-state index contributed by atoms with van der Waals surface area (Å²) in [6.45, 7) is 3.59. The van der Waals surface area contributed by atoms with Crippen LogP contribution < -0.4 is 9.62 Å². The molecule has 8 nitrogen and oxygen atoms in total. The van der Waals surface area contributed by atoms with Crippen LogP contribution in [-0.2, 0) is 26.5 Å². The Kier molecular flexibility index (Phi) is 5.70. The monoisotopic (exact) mass is 451 g/mol. The van der Waals surface area contributed by atoms with Gasteiger partial charge in [-0.05, 0) is 61.7 Å². The fourth-order valence-electron chi connectivity index (χ4n) is 3.55. The van der Waals surface area contributed by atoms with Crippen molar-refractivity contribution in [3.8, 4) is 0 Å². The van der Waals surface area contributed by atoms with Gasteiger partial charge in [0.2, 0.25) is 20.0 Å². The molecule has 162 valence electrons. The number of anilines is 2. The lowest BCUT2D eigenvalue weighted by atomic mass is 10.1. The van der Waals surface area contributed by atoms with E-state index in [4.69, 9.17) is 0 Å². The summed E-state index contributed by atoms with van der Waals surface area (Å²) >= 11 is 0. The first-order chi connectivity index (χ1) is 13.8. The van der Waals surface area contributed by atoms with E-state index in [2.05, 4.69) is 5.32 Å². The van der Waals surface area contributed by atoms with Crippen molar-refractivity contribution in [3.05, 3.63) is 53.1 Å². The van der Waals surface area contributed by atoms with Crippen LogP contribution in [0.4, 0.5) is 11.4 Å². The molecule has 0 saturated heterocycles. The van der Waals surface area contributed by atoms with Crippen molar-refractivity contribution >= 4 is 37.3 Å². The zero-order valence-corrected chi connectivity index (χ0v) is 19.1. The number of hydrogen-bond acceptors (Lipinski definition) is 5. The van der Waals surface area contributed by atoms with E-state index in [0.29, 0.717) is 23.4 Å². The number of nitrogens with zero attached hydrogens (tertiary/aromatic N) is 2. The van der Waals surface area contributed by atoms with E-state index >= 15 is 0 Å². The van der Waals surface area contributed by atoms with Gasteiger partial charge >= 0.3 is 0 Å². The SMILES string of the molecule is Cc1ccc(S(=O)(=O)N(C)C)cc1NC(=O)c1ccc2c(c1)CC(C)N2S(C)(=O)=O. The van der Waals surface area contributed by atoms with Crippen molar-refractivity contribution in [1.29, 1.82) is 0 Å². The number of sulfonamides is 2. The van der Waals surface area contributed by atoms with Gasteiger partial charge < -0.3 is 5.32 Å². The Labute approximate surface area is 177 Å². The highest BCUT2D eigenvalue weighted by atomic mass is 32.2. The van der Waals surface area contributed by atoms with Crippen molar-refractivity contribution in [2.75, 3.05) is 30.0 Å². The van der Waals surface area contributed by atoms with Crippen molar-refractivity contribution in [1.82, 2.24) is 4.31 Å². The average Bonchev–Trinajstić information content (AvgIpc) is 2.98. The average molecular weight is 452 g/mol. The maximum Gasteiger partial charge on any atom is 0.255 e. The van der Waals surface area contributed by atoms with Gasteiger partial charge in [-0.3, -0.25) is 9.10 Å². The Bertz CT molecular complexity index is 1220. The Morgan fingerprint density at radius 1 is 1.10 bits per heavy atom. The molecule has 10 heteroatoms. The van der Waals surface area contributed by atoms with Gasteiger partial charge in [0.15, 0.2) is 0 Å². The van der Waals surface area contributed by atoms with E-state index < -0.39 is 26.0 Å². The molecule has 2 aromatic carbocycles. The number of carbonyl (C=O) groups excluding carboxylic acids is 1. The van der Waals surface area contributed by atoms with E-state index in [1.54, 1.807) is 31.2 Å². The largest absolute Gasteiger partial charge is 0.322 e. The van der Waals surface area contributed by atoms with E-state index in [0.717, 1.165) is 21.7 Å². The maximum atomic E-state index is 12.8. The standard InChI is InChI=1S/C20H25N3O5S2/c1-13-6-8-17(30(27,28)22(3)4)12-18(13)21-20(24)15-7-9-19-16(11-15)10-14(2)23(19)29(5,25)26/h6-9,11-12,14H,10H2,1-5H3,(H,21,24). The van der Waals surface area contributed by atoms with Crippen LogP contribution in [0.1, 0.15) is 28.4 Å². The van der Waals surface area contributed by atoms with Crippen LogP contribution in [0.25, 0.3) is 0 Å². The van der Waals surface area contributed by atoms with E-state index in [1.165, 1.54) is 30.5 Å². The molecule has 1 heterocycles. The molecule has 1 N–H and O–H groups in total. The molecule has 0 fully saturated rings. The summed E-state index contributed by atoms with van der Waals surface area (Å²) in [5.41, 5.74) is 2.85. The highest BCUT2D eigenvalue weighted by molar-refractivity contribution is 7.92. The molecular formula is C20H25N3O5S2. The minimum atomic E-state index is -3.63. The summed E-state index contributed by atoms with van der Waals surface area (Å²) in [6, 6.07) is 9.24. The molecule has 1 amide bonds. The Balaban J connectivity index is 1.91. The highest BCUT2D eigenvalue weighted by Crippen LogP contribution is 2.35. The third kappa shape index (κ3) is 4.07. The molecule has 0 spiro atoms. The van der Waals surface area contributed by atoms with Gasteiger partial charge in [-0.2, -0.15) is 0 Å². The predicted octanol–water partition coefficient (Wildman–Crippen LogP) is 2.21. The topological polar surface area (TPSA) is 104 Å². The normalized spacial score (nSPS) is 16.6. The van der Waals surface area contributed by atoms with Crippen molar-refractivity contribution in [3.63, 3.8) is 0 Å². The second-order valence-electron chi connectivity index (χ2n) is 7.67. The van der Waals surface area contributed by atoms with Gasteiger partial charge in [-0.25, -0.2) is 21.1 Å². The third-order valence-corrected chi connectivity index (χ3v) is 8.17. The van der Waals surface area contributed by atoms with E-state index in [-0.39, 0.29) is 10.9 Å². The quantitative estimate of drug-likeness (QED) is 0.751. The van der Waals surface area contributed by atoms with Crippen molar-refractivity contribution in [2.45, 2.75) is 31.2 Å². The smallest absolute Gasteiger partial charge is 0.255 e. The lowest BCUT2D eigenvalue weighted by molar-refractivity contribution is 0.102. The number of amides is 1. The Morgan fingerprint density at radius 3 is 2.37 bits per heavy atom. The molecule has 1 aliphatic rings. The summed E-state index contributed by atoms with van der Waals surface area (Å²) in [5.74, 6) is -0.397. The molecule has 0 aliphatic carbocycles. The minimum absolute atomic E-state index is 0.0833. The first-order valence-electron chi connectivity index (χ1n) is 9.29. The zero-order chi connectivity index (χ0) is 22.4. The Hall–Kier alpha value is -2.43. The number of carbonyl (C=O) groups is 1. The van der Waals surface area contributed by atoms with Crippen molar-refractivity contribution in [2.24, 2.45) is 0 Å². The number of benzene rings is 2. The highest BCUT2D eigenvalue weighted by Gasteiger charge is 2.32. The zero-order valence-electron chi connectivity index (χ0n) is 17.5. The molecule has 1 unspecified atom stereocenters. The van der Waals surface area contributed by atoms with E-state index in [9.17, 15) is 21.6 Å². The van der Waals surface area contributed by atoms with Gasteiger partial charge in [0, 0.05) is 31.4 Å². The van der Waals surface area contributed by atoms with Gasteiger partial charge in [0.05, 0.1) is 16.8 Å². The lowest BCUT2D eigenvalue weighted by Crippen LogP contribution is -2.34. The molecule has 0 bridgehead atoms. The van der Waals surface area contributed by atoms with Crippen LogP contribution in [-0.4, -0.2) is 53.4 Å². The third-order valence-electron chi connectivity index (χ3n) is 5.09. The molecule has 3 rings (SSSR count). The minimum Gasteiger partial charge on any atom is -0.322 e. The molecule has 1 aliphatic heterocycles. The van der Waals surface area contributed by atoms with Gasteiger partial charge in [0.25, 0.3) is 5.91 Å². The Morgan fingerprint density at radius 2 is 1.77 bits per heavy atom. The van der Waals surface area contributed by atoms with Crippen LogP contribution >= 0.6 is 0 Å². The van der Waals surface area contributed by atoms with Crippen LogP contribution in [0.3, 0.4) is 0 Å². The van der Waals surface area contributed by atoms with Gasteiger partial charge in [0.1, 0.15) is 0 Å². The van der Waals surface area contributed by atoms with Crippen molar-refractivity contribution < 1.29 is 21.6 Å². The summed E-state index contributed by atoms with van der Waals surface area (Å²) < 4.78 is 51.4.